The van der Waals surface area contributed by atoms with Crippen LogP contribution in [0.25, 0.3) is 0 Å². The van der Waals surface area contributed by atoms with Gasteiger partial charge in [-0.25, -0.2) is 0 Å². The van der Waals surface area contributed by atoms with Crippen molar-refractivity contribution in [3.8, 4) is 0 Å². The Morgan fingerprint density at radius 2 is 1.36 bits per heavy atom. The fourth-order valence-electron chi connectivity index (χ4n) is 1.56. The Labute approximate surface area is 241 Å². The summed E-state index contributed by atoms with van der Waals surface area (Å²) in [4.78, 5) is 44.0. The maximum atomic E-state index is 10.7. The largest absolute Gasteiger partial charge is 1.00 e. The average molecular weight is 443 g/mol. The summed E-state index contributed by atoms with van der Waals surface area (Å²) >= 11 is 1.61. The van der Waals surface area contributed by atoms with Crippen LogP contribution in [-0.2, 0) is 9.13 Å². The minimum Gasteiger partial charge on any atom is -0.809 e. The van der Waals surface area contributed by atoms with Gasteiger partial charge < -0.3 is 34.0 Å². The second-order valence-corrected chi connectivity index (χ2v) is 9.04. The number of rotatable bonds is 9. The Morgan fingerprint density at radius 3 is 1.80 bits per heavy atom. The van der Waals surface area contributed by atoms with Crippen LogP contribution in [0.2, 0.25) is 0 Å². The molecular weight excluding hydrogens is 428 g/mol. The minimum atomic E-state index is -5.51. The Balaban J connectivity index is -0.000000551. The third-order valence-corrected chi connectivity index (χ3v) is 6.87. The van der Waals surface area contributed by atoms with Crippen LogP contribution in [-0.4, -0.2) is 17.8 Å². The van der Waals surface area contributed by atoms with Crippen LogP contribution in [0.15, 0.2) is 35.2 Å². The number of hydrogen-bond donors (Lipinski definition) is 1. The molecule has 0 heterocycles. The van der Waals surface area contributed by atoms with Gasteiger partial charge in [0.1, 0.15) is 0 Å². The van der Waals surface area contributed by atoms with Crippen LogP contribution in [0.1, 0.15) is 12.8 Å². The molecule has 0 aliphatic heterocycles. The number of unbranched alkanes of at least 4 members (excludes halogenated alkanes) is 1. The predicted octanol–water partition coefficient (Wildman–Crippen LogP) is -12.7. The summed E-state index contributed by atoms with van der Waals surface area (Å²) in [5.74, 6) is 0.759. The van der Waals surface area contributed by atoms with Crippen molar-refractivity contribution < 1.29 is 147 Å². The second-order valence-electron chi connectivity index (χ2n) is 4.28. The number of thioether (sulfide) groups is 1. The first-order valence-corrected chi connectivity index (χ1v) is 10.4. The molecular formula is C11H15NNa4O6P2S. The van der Waals surface area contributed by atoms with Crippen molar-refractivity contribution in [2.24, 2.45) is 0 Å². The first kappa shape index (κ1) is 36.2. The van der Waals surface area contributed by atoms with E-state index in [1.807, 2.05) is 35.6 Å². The molecule has 0 amide bonds. The van der Waals surface area contributed by atoms with Gasteiger partial charge in [0.15, 0.2) is 0 Å². The minimum absolute atomic E-state index is 0. The fourth-order valence-corrected chi connectivity index (χ4v) is 4.59. The van der Waals surface area contributed by atoms with Gasteiger partial charge in [-0.1, -0.05) is 18.2 Å². The van der Waals surface area contributed by atoms with Crippen molar-refractivity contribution in [2.45, 2.75) is 23.3 Å². The van der Waals surface area contributed by atoms with E-state index in [4.69, 9.17) is 0 Å². The molecule has 7 nitrogen and oxygen atoms in total. The van der Waals surface area contributed by atoms with E-state index >= 15 is 0 Å². The van der Waals surface area contributed by atoms with Crippen LogP contribution in [0, 0.1) is 0 Å². The zero-order valence-corrected chi connectivity index (χ0v) is 25.7. The van der Waals surface area contributed by atoms with E-state index < -0.39 is 20.7 Å². The Bertz CT molecular complexity index is 511. The molecule has 0 spiro atoms. The molecule has 0 unspecified atom stereocenters. The van der Waals surface area contributed by atoms with Gasteiger partial charge >= 0.3 is 118 Å². The summed E-state index contributed by atoms with van der Waals surface area (Å²) in [5, 5.41) is 2.01. The van der Waals surface area contributed by atoms with Crippen LogP contribution in [0.5, 0.6) is 0 Å². The molecule has 0 atom stereocenters. The third kappa shape index (κ3) is 17.2. The molecule has 0 aliphatic rings. The molecule has 14 heteroatoms. The van der Waals surface area contributed by atoms with Crippen molar-refractivity contribution in [3.63, 3.8) is 0 Å². The summed E-state index contributed by atoms with van der Waals surface area (Å²) in [6.07, 6.45) is 1.14. The molecule has 25 heavy (non-hydrogen) atoms. The van der Waals surface area contributed by atoms with Crippen molar-refractivity contribution >= 4 is 27.0 Å². The zero-order valence-electron chi connectivity index (χ0n) is 15.0. The van der Waals surface area contributed by atoms with Gasteiger partial charge in [0, 0.05) is 4.90 Å². The molecule has 0 fully saturated rings. The predicted molar refractivity (Wildman–Crippen MR) is 73.4 cm³/mol. The van der Waals surface area contributed by atoms with E-state index in [9.17, 15) is 28.7 Å². The third-order valence-electron chi connectivity index (χ3n) is 2.51. The van der Waals surface area contributed by atoms with E-state index in [1.54, 1.807) is 11.8 Å². The maximum Gasteiger partial charge on any atom is 1.00 e. The van der Waals surface area contributed by atoms with Crippen LogP contribution < -0.4 is 143 Å². The van der Waals surface area contributed by atoms with Gasteiger partial charge in [-0.05, 0) is 52.5 Å². The molecule has 0 radical (unpaired) electrons. The SMILES string of the molecule is O=P([O-])([O-])C(NCCCCSc1ccccc1)P(=O)([O-])[O-].[Na+].[Na+].[Na+].[Na+]. The topological polar surface area (TPSA) is 138 Å². The quantitative estimate of drug-likeness (QED) is 0.172. The van der Waals surface area contributed by atoms with Gasteiger partial charge in [0.25, 0.3) is 0 Å². The van der Waals surface area contributed by atoms with Crippen molar-refractivity contribution in [3.05, 3.63) is 30.3 Å². The molecule has 1 rings (SSSR count). The fraction of sp³-hybridized carbons (Fsp3) is 0.455. The first-order valence-electron chi connectivity index (χ1n) is 6.16. The average Bonchev–Trinajstić information content (AvgIpc) is 2.35. The van der Waals surface area contributed by atoms with E-state index in [2.05, 4.69) is 0 Å². The molecule has 1 N–H and O–H groups in total. The van der Waals surface area contributed by atoms with E-state index in [1.165, 1.54) is 0 Å². The maximum absolute atomic E-state index is 10.7. The van der Waals surface area contributed by atoms with Gasteiger partial charge in [-0.2, -0.15) is 0 Å². The first-order chi connectivity index (χ1) is 9.71. The van der Waals surface area contributed by atoms with E-state index in [-0.39, 0.29) is 125 Å². The number of nitrogens with one attached hydrogen (secondary N) is 1. The summed E-state index contributed by atoms with van der Waals surface area (Å²) in [5.41, 5.74) is -2.56. The number of benzene rings is 1. The van der Waals surface area contributed by atoms with Gasteiger partial charge in [0.05, 0.1) is 5.52 Å². The molecule has 0 bridgehead atoms. The molecule has 120 valence electrons. The Hall–Kier alpha value is 3.83. The van der Waals surface area contributed by atoms with E-state index in [0.29, 0.717) is 12.8 Å². The normalized spacial score (nSPS) is 10.8. The van der Waals surface area contributed by atoms with Gasteiger partial charge in [-0.3, -0.25) is 0 Å². The molecule has 0 aromatic heterocycles. The summed E-state index contributed by atoms with van der Waals surface area (Å²) in [6, 6.07) is 9.63. The van der Waals surface area contributed by atoms with Crippen LogP contribution in [0.3, 0.4) is 0 Å². The van der Waals surface area contributed by atoms with Gasteiger partial charge in [-0.15, -0.1) is 11.8 Å². The van der Waals surface area contributed by atoms with Gasteiger partial charge in [0.2, 0.25) is 0 Å². The molecule has 0 saturated carbocycles. The molecule has 0 saturated heterocycles. The number of hydrogen-bond acceptors (Lipinski definition) is 8. The van der Waals surface area contributed by atoms with Crippen molar-refractivity contribution in [1.82, 2.24) is 5.32 Å². The Kier molecular flexibility index (Phi) is 26.9. The van der Waals surface area contributed by atoms with Crippen LogP contribution in [0.4, 0.5) is 0 Å². The van der Waals surface area contributed by atoms with Crippen LogP contribution >= 0.6 is 27.0 Å². The smallest absolute Gasteiger partial charge is 0.809 e. The zero-order chi connectivity index (χ0) is 15.9. The van der Waals surface area contributed by atoms with Crippen molar-refractivity contribution in [2.75, 3.05) is 12.3 Å². The summed E-state index contributed by atoms with van der Waals surface area (Å²) in [7, 11) is -11.0. The summed E-state index contributed by atoms with van der Waals surface area (Å²) in [6.45, 7) is -0.0248. The standard InChI is InChI=1S/C11H19NO6P2S.4Na/c13-19(14,15)11(20(16,17)18)12-8-4-5-9-21-10-6-2-1-3-7-10;;;;/h1-3,6-7,11-12H,4-5,8-9H2,(H2,13,14,15)(H2,16,17,18);;;;/q;4*+1/p-4. The monoisotopic (exact) mass is 443 g/mol. The Morgan fingerprint density at radius 1 is 0.880 bits per heavy atom. The second kappa shape index (κ2) is 18.6. The summed E-state index contributed by atoms with van der Waals surface area (Å²) < 4.78 is 21.4. The molecule has 1 aromatic carbocycles. The molecule has 0 aliphatic carbocycles. The van der Waals surface area contributed by atoms with E-state index in [0.717, 1.165) is 10.6 Å². The molecule has 1 aromatic rings. The van der Waals surface area contributed by atoms with Crippen molar-refractivity contribution in [1.29, 1.82) is 0 Å².